The number of hydrogen-bond acceptors (Lipinski definition) is 1. The van der Waals surface area contributed by atoms with E-state index in [0.717, 1.165) is 16.5 Å². The molecule has 1 N–H and O–H groups in total. The number of benzene rings is 2. The van der Waals surface area contributed by atoms with Gasteiger partial charge in [0.2, 0.25) is 0 Å². The first-order valence-corrected chi connectivity index (χ1v) is 6.97. The van der Waals surface area contributed by atoms with E-state index >= 15 is 0 Å². The number of hydrogen-bond donors (Lipinski definition) is 1. The molecule has 0 bridgehead atoms. The largest absolute Gasteiger partial charge is 0.396 e. The quantitative estimate of drug-likeness (QED) is 0.882. The van der Waals surface area contributed by atoms with Crippen LogP contribution in [0.1, 0.15) is 17.0 Å². The molecule has 2 aromatic rings. The molecular formula is C15H14BrClO. The van der Waals surface area contributed by atoms with Crippen LogP contribution in [0.15, 0.2) is 53.0 Å². The average molecular weight is 326 g/mol. The molecule has 0 amide bonds. The molecule has 0 spiro atoms. The van der Waals surface area contributed by atoms with Crippen LogP contribution in [-0.2, 0) is 6.42 Å². The Balaban J connectivity index is 2.23. The highest BCUT2D eigenvalue weighted by Crippen LogP contribution is 2.27. The Labute approximate surface area is 121 Å². The summed E-state index contributed by atoms with van der Waals surface area (Å²) in [4.78, 5) is 0. The molecule has 2 rings (SSSR count). The highest BCUT2D eigenvalue weighted by molar-refractivity contribution is 9.10. The lowest BCUT2D eigenvalue weighted by Gasteiger charge is -2.16. The van der Waals surface area contributed by atoms with Gasteiger partial charge in [0, 0.05) is 15.4 Å². The molecule has 94 valence electrons. The summed E-state index contributed by atoms with van der Waals surface area (Å²) in [6.07, 6.45) is 0.777. The molecule has 0 aliphatic rings. The second-order valence-electron chi connectivity index (χ2n) is 4.24. The summed E-state index contributed by atoms with van der Waals surface area (Å²) in [7, 11) is 0. The number of halogens is 2. The summed E-state index contributed by atoms with van der Waals surface area (Å²) in [5.41, 5.74) is 2.19. The standard InChI is InChI=1S/C15H14BrClO/c16-13-5-3-4-11(9-13)8-12(10-18)14-6-1-2-7-15(14)17/h1-7,9,12,18H,8,10H2. The van der Waals surface area contributed by atoms with Gasteiger partial charge in [0.1, 0.15) is 0 Å². The van der Waals surface area contributed by atoms with Crippen LogP contribution in [0.5, 0.6) is 0 Å². The van der Waals surface area contributed by atoms with E-state index in [4.69, 9.17) is 11.6 Å². The Morgan fingerprint density at radius 3 is 2.56 bits per heavy atom. The SMILES string of the molecule is OCC(Cc1cccc(Br)c1)c1ccccc1Cl. The topological polar surface area (TPSA) is 20.2 Å². The average Bonchev–Trinajstić information content (AvgIpc) is 2.37. The summed E-state index contributed by atoms with van der Waals surface area (Å²) >= 11 is 9.63. The first-order valence-electron chi connectivity index (χ1n) is 5.80. The Kier molecular flexibility index (Phi) is 4.81. The highest BCUT2D eigenvalue weighted by Gasteiger charge is 2.14. The number of aliphatic hydroxyl groups excluding tert-OH is 1. The van der Waals surface area contributed by atoms with Crippen molar-refractivity contribution in [2.24, 2.45) is 0 Å². The van der Waals surface area contributed by atoms with Crippen molar-refractivity contribution in [1.29, 1.82) is 0 Å². The van der Waals surface area contributed by atoms with Crippen LogP contribution < -0.4 is 0 Å². The van der Waals surface area contributed by atoms with Crippen LogP contribution in [0.4, 0.5) is 0 Å². The minimum absolute atomic E-state index is 0.0352. The van der Waals surface area contributed by atoms with Gasteiger partial charge in [0.25, 0.3) is 0 Å². The van der Waals surface area contributed by atoms with Crippen molar-refractivity contribution < 1.29 is 5.11 Å². The molecule has 0 fully saturated rings. The fraction of sp³-hybridized carbons (Fsp3) is 0.200. The van der Waals surface area contributed by atoms with Gasteiger partial charge in [-0.05, 0) is 35.7 Å². The zero-order valence-corrected chi connectivity index (χ0v) is 12.2. The number of aliphatic hydroxyl groups is 1. The maximum absolute atomic E-state index is 9.56. The molecule has 0 aliphatic carbocycles. The van der Waals surface area contributed by atoms with Gasteiger partial charge in [-0.15, -0.1) is 0 Å². The lowest BCUT2D eigenvalue weighted by atomic mass is 9.93. The first-order chi connectivity index (χ1) is 8.70. The van der Waals surface area contributed by atoms with Gasteiger partial charge in [-0.3, -0.25) is 0 Å². The maximum atomic E-state index is 9.56. The molecule has 2 aromatic carbocycles. The molecule has 0 aromatic heterocycles. The predicted octanol–water partition coefficient (Wildman–Crippen LogP) is 4.42. The summed E-state index contributed by atoms with van der Waals surface area (Å²) in [5.74, 6) is 0.0352. The lowest BCUT2D eigenvalue weighted by molar-refractivity contribution is 0.264. The van der Waals surface area contributed by atoms with Gasteiger partial charge in [-0.2, -0.15) is 0 Å². The molecule has 0 saturated heterocycles. The first kappa shape index (κ1) is 13.6. The Morgan fingerprint density at radius 2 is 1.89 bits per heavy atom. The van der Waals surface area contributed by atoms with E-state index in [0.29, 0.717) is 5.02 Å². The summed E-state index contributed by atoms with van der Waals surface area (Å²) in [6.45, 7) is 0.0935. The fourth-order valence-electron chi connectivity index (χ4n) is 2.03. The van der Waals surface area contributed by atoms with Gasteiger partial charge in [-0.1, -0.05) is 57.9 Å². The Morgan fingerprint density at radius 1 is 1.11 bits per heavy atom. The van der Waals surface area contributed by atoms with E-state index < -0.39 is 0 Å². The van der Waals surface area contributed by atoms with Crippen LogP contribution in [0, 0.1) is 0 Å². The molecule has 18 heavy (non-hydrogen) atoms. The van der Waals surface area contributed by atoms with Crippen molar-refractivity contribution in [3.63, 3.8) is 0 Å². The molecule has 0 aliphatic heterocycles. The third kappa shape index (κ3) is 3.35. The fourth-order valence-corrected chi connectivity index (χ4v) is 2.76. The summed E-state index contributed by atoms with van der Waals surface area (Å²) in [5, 5.41) is 10.3. The van der Waals surface area contributed by atoms with Crippen molar-refractivity contribution >= 4 is 27.5 Å². The minimum Gasteiger partial charge on any atom is -0.396 e. The van der Waals surface area contributed by atoms with Crippen LogP contribution in [0.2, 0.25) is 5.02 Å². The van der Waals surface area contributed by atoms with Crippen LogP contribution in [-0.4, -0.2) is 11.7 Å². The third-order valence-corrected chi connectivity index (χ3v) is 3.77. The van der Waals surface area contributed by atoms with Gasteiger partial charge in [0.15, 0.2) is 0 Å². The zero-order chi connectivity index (χ0) is 13.0. The van der Waals surface area contributed by atoms with Crippen LogP contribution >= 0.6 is 27.5 Å². The predicted molar refractivity (Wildman–Crippen MR) is 79.1 cm³/mol. The minimum atomic E-state index is 0.0352. The van der Waals surface area contributed by atoms with Crippen molar-refractivity contribution in [3.8, 4) is 0 Å². The lowest BCUT2D eigenvalue weighted by Crippen LogP contribution is -2.08. The molecule has 0 heterocycles. The van der Waals surface area contributed by atoms with Crippen molar-refractivity contribution in [2.75, 3.05) is 6.61 Å². The molecule has 1 atom stereocenters. The van der Waals surface area contributed by atoms with E-state index in [1.807, 2.05) is 36.4 Å². The highest BCUT2D eigenvalue weighted by atomic mass is 79.9. The monoisotopic (exact) mass is 324 g/mol. The van der Waals surface area contributed by atoms with Crippen molar-refractivity contribution in [1.82, 2.24) is 0 Å². The molecule has 1 unspecified atom stereocenters. The molecule has 0 radical (unpaired) electrons. The molecule has 0 saturated carbocycles. The van der Waals surface area contributed by atoms with E-state index in [2.05, 4.69) is 28.1 Å². The Hall–Kier alpha value is -0.830. The normalized spacial score (nSPS) is 12.4. The number of rotatable bonds is 4. The smallest absolute Gasteiger partial charge is 0.0503 e. The molecule has 1 nitrogen and oxygen atoms in total. The van der Waals surface area contributed by atoms with E-state index in [9.17, 15) is 5.11 Å². The van der Waals surface area contributed by atoms with Gasteiger partial charge in [-0.25, -0.2) is 0 Å². The second kappa shape index (κ2) is 6.37. The van der Waals surface area contributed by atoms with Crippen molar-refractivity contribution in [3.05, 3.63) is 69.2 Å². The van der Waals surface area contributed by atoms with Gasteiger partial charge < -0.3 is 5.11 Å². The van der Waals surface area contributed by atoms with Crippen LogP contribution in [0.3, 0.4) is 0 Å². The molecular weight excluding hydrogens is 312 g/mol. The maximum Gasteiger partial charge on any atom is 0.0503 e. The third-order valence-electron chi connectivity index (χ3n) is 2.94. The van der Waals surface area contributed by atoms with Crippen molar-refractivity contribution in [2.45, 2.75) is 12.3 Å². The summed E-state index contributed by atoms with van der Waals surface area (Å²) < 4.78 is 1.05. The summed E-state index contributed by atoms with van der Waals surface area (Å²) in [6, 6.07) is 15.8. The van der Waals surface area contributed by atoms with Gasteiger partial charge in [0.05, 0.1) is 6.61 Å². The zero-order valence-electron chi connectivity index (χ0n) is 9.81. The van der Waals surface area contributed by atoms with Crippen LogP contribution in [0.25, 0.3) is 0 Å². The molecule has 3 heteroatoms. The van der Waals surface area contributed by atoms with E-state index in [-0.39, 0.29) is 12.5 Å². The van der Waals surface area contributed by atoms with Gasteiger partial charge >= 0.3 is 0 Å². The van der Waals surface area contributed by atoms with E-state index in [1.165, 1.54) is 5.56 Å². The van der Waals surface area contributed by atoms with E-state index in [1.54, 1.807) is 0 Å². The Bertz CT molecular complexity index is 527. The second-order valence-corrected chi connectivity index (χ2v) is 5.56.